The summed E-state index contributed by atoms with van der Waals surface area (Å²) in [5.41, 5.74) is 0. The molecule has 3 heteroatoms. The second-order valence-electron chi connectivity index (χ2n) is 1.01. The van der Waals surface area contributed by atoms with E-state index in [2.05, 4.69) is 4.89 Å². The summed E-state index contributed by atoms with van der Waals surface area (Å²) < 4.78 is 0. The lowest BCUT2D eigenvalue weighted by Gasteiger charge is -1.93. The Hall–Kier alpha value is -0.120. The number of hydrogen-bond donors (Lipinski definition) is 2. The van der Waals surface area contributed by atoms with Gasteiger partial charge in [0, 0.05) is 0 Å². The molecule has 0 unspecified atom stereocenters. The van der Waals surface area contributed by atoms with Crippen LogP contribution >= 0.6 is 0 Å². The number of aliphatic hydroxyl groups is 1. The molecule has 0 heterocycles. The van der Waals surface area contributed by atoms with Crippen molar-refractivity contribution in [3.05, 3.63) is 6.10 Å². The van der Waals surface area contributed by atoms with E-state index in [-0.39, 0.29) is 12.7 Å². The number of rotatable bonds is 2. The Bertz CT molecular complexity index is 27.2. The third kappa shape index (κ3) is 3.88. The minimum atomic E-state index is -0.0972. The van der Waals surface area contributed by atoms with Crippen molar-refractivity contribution < 1.29 is 15.3 Å². The van der Waals surface area contributed by atoms with Crippen molar-refractivity contribution >= 4 is 0 Å². The Morgan fingerprint density at radius 1 is 1.83 bits per heavy atom. The smallest absolute Gasteiger partial charge is 0.119 e. The van der Waals surface area contributed by atoms with Crippen molar-refractivity contribution in [3.63, 3.8) is 0 Å². The van der Waals surface area contributed by atoms with Crippen LogP contribution in [0.5, 0.6) is 0 Å². The van der Waals surface area contributed by atoms with Crippen molar-refractivity contribution in [2.45, 2.75) is 6.92 Å². The lowest BCUT2D eigenvalue weighted by molar-refractivity contribution is -0.244. The van der Waals surface area contributed by atoms with Crippen LogP contribution in [0.15, 0.2) is 0 Å². The summed E-state index contributed by atoms with van der Waals surface area (Å²) >= 11 is 0. The summed E-state index contributed by atoms with van der Waals surface area (Å²) in [4.78, 5) is 3.52. The summed E-state index contributed by atoms with van der Waals surface area (Å²) in [6, 6.07) is 0. The van der Waals surface area contributed by atoms with Crippen LogP contribution in [-0.2, 0) is 4.89 Å². The fraction of sp³-hybridized carbons (Fsp3) is 0.667. The van der Waals surface area contributed by atoms with E-state index >= 15 is 0 Å². The zero-order valence-electron chi connectivity index (χ0n) is 3.51. The van der Waals surface area contributed by atoms with Gasteiger partial charge in [0.1, 0.15) is 12.7 Å². The zero-order valence-corrected chi connectivity index (χ0v) is 3.51. The lowest BCUT2D eigenvalue weighted by atomic mass is 10.5. The van der Waals surface area contributed by atoms with Crippen LogP contribution in [0.1, 0.15) is 6.92 Å². The van der Waals surface area contributed by atoms with Crippen LogP contribution < -0.4 is 0 Å². The highest BCUT2D eigenvalue weighted by Crippen LogP contribution is 1.86. The van der Waals surface area contributed by atoms with E-state index in [0.717, 1.165) is 0 Å². The van der Waals surface area contributed by atoms with E-state index in [0.29, 0.717) is 0 Å². The molecule has 2 N–H and O–H groups in total. The molecule has 0 saturated heterocycles. The Morgan fingerprint density at radius 2 is 2.33 bits per heavy atom. The quantitative estimate of drug-likeness (QED) is 0.382. The normalized spacial score (nSPS) is 10.0. The molecule has 37 valence electrons. The van der Waals surface area contributed by atoms with Crippen LogP contribution in [0.25, 0.3) is 0 Å². The Morgan fingerprint density at radius 3 is 2.33 bits per heavy atom. The van der Waals surface area contributed by atoms with Gasteiger partial charge >= 0.3 is 0 Å². The summed E-state index contributed by atoms with van der Waals surface area (Å²) in [6.07, 6.45) is 0.0671. The number of hydrogen-bond acceptors (Lipinski definition) is 3. The summed E-state index contributed by atoms with van der Waals surface area (Å²) in [6.45, 7) is 1.34. The summed E-state index contributed by atoms with van der Waals surface area (Å²) in [5, 5.41) is 15.7. The van der Waals surface area contributed by atoms with Gasteiger partial charge in [-0.05, 0) is 6.92 Å². The SMILES string of the molecule is C[C](O)COO. The van der Waals surface area contributed by atoms with Crippen LogP contribution in [0.4, 0.5) is 0 Å². The molecular formula is C3H7O3. The van der Waals surface area contributed by atoms with E-state index in [4.69, 9.17) is 10.4 Å². The van der Waals surface area contributed by atoms with Gasteiger partial charge in [0.05, 0.1) is 0 Å². The molecule has 1 radical (unpaired) electrons. The first kappa shape index (κ1) is 5.88. The van der Waals surface area contributed by atoms with E-state index < -0.39 is 0 Å². The van der Waals surface area contributed by atoms with Crippen molar-refractivity contribution in [1.29, 1.82) is 0 Å². The minimum Gasteiger partial charge on any atom is -0.385 e. The molecular weight excluding hydrogens is 84.0 g/mol. The largest absolute Gasteiger partial charge is 0.385 e. The van der Waals surface area contributed by atoms with Gasteiger partial charge in [-0.1, -0.05) is 0 Å². The average Bonchev–Trinajstić information content (AvgIpc) is 1.35. The number of aliphatic hydroxyl groups excluding tert-OH is 1. The molecule has 0 aromatic heterocycles. The third-order valence-electron chi connectivity index (χ3n) is 0.273. The molecule has 0 atom stereocenters. The van der Waals surface area contributed by atoms with Crippen molar-refractivity contribution in [2.24, 2.45) is 0 Å². The molecule has 0 saturated carbocycles. The lowest BCUT2D eigenvalue weighted by Crippen LogP contribution is -1.97. The first-order valence-corrected chi connectivity index (χ1v) is 1.55. The fourth-order valence-corrected chi connectivity index (χ4v) is 0.0934. The maximum absolute atomic E-state index is 8.18. The molecule has 0 rings (SSSR count). The van der Waals surface area contributed by atoms with E-state index in [9.17, 15) is 0 Å². The highest BCUT2D eigenvalue weighted by molar-refractivity contribution is 4.62. The molecule has 0 aromatic rings. The molecule has 0 bridgehead atoms. The standard InChI is InChI=1S/C3H7O3/c1-3(4)2-6-5/h4-5H,2H2,1H3. The predicted octanol–water partition coefficient (Wildman–Crippen LogP) is 0.400. The van der Waals surface area contributed by atoms with Crippen molar-refractivity contribution in [3.8, 4) is 0 Å². The molecule has 0 aromatic carbocycles. The minimum absolute atomic E-state index is 0.0671. The molecule has 0 spiro atoms. The van der Waals surface area contributed by atoms with Crippen molar-refractivity contribution in [1.82, 2.24) is 0 Å². The van der Waals surface area contributed by atoms with Gasteiger partial charge in [-0.3, -0.25) is 5.26 Å². The van der Waals surface area contributed by atoms with Gasteiger partial charge in [-0.25, -0.2) is 4.89 Å². The van der Waals surface area contributed by atoms with Gasteiger partial charge in [0.25, 0.3) is 0 Å². The van der Waals surface area contributed by atoms with Crippen LogP contribution in [-0.4, -0.2) is 17.0 Å². The van der Waals surface area contributed by atoms with Gasteiger partial charge < -0.3 is 5.11 Å². The first-order chi connectivity index (χ1) is 2.77. The average molecular weight is 91.1 g/mol. The maximum Gasteiger partial charge on any atom is 0.119 e. The van der Waals surface area contributed by atoms with Gasteiger partial charge in [-0.2, -0.15) is 0 Å². The van der Waals surface area contributed by atoms with E-state index in [1.54, 1.807) is 0 Å². The molecule has 3 nitrogen and oxygen atoms in total. The van der Waals surface area contributed by atoms with Crippen LogP contribution in [0.2, 0.25) is 0 Å². The fourth-order valence-electron chi connectivity index (χ4n) is 0.0934. The highest BCUT2D eigenvalue weighted by Gasteiger charge is 1.91. The molecule has 6 heavy (non-hydrogen) atoms. The highest BCUT2D eigenvalue weighted by atomic mass is 17.1. The van der Waals surface area contributed by atoms with Crippen molar-refractivity contribution in [2.75, 3.05) is 6.61 Å². The van der Waals surface area contributed by atoms with Gasteiger partial charge in [0.2, 0.25) is 0 Å². The zero-order chi connectivity index (χ0) is 4.99. The molecule has 0 aliphatic heterocycles. The Labute approximate surface area is 36.1 Å². The summed E-state index contributed by atoms with van der Waals surface area (Å²) in [5.74, 6) is 0. The maximum atomic E-state index is 8.18. The third-order valence-corrected chi connectivity index (χ3v) is 0.273. The monoisotopic (exact) mass is 91.0 g/mol. The molecule has 0 aliphatic rings. The van der Waals surface area contributed by atoms with Crippen LogP contribution in [0.3, 0.4) is 0 Å². The van der Waals surface area contributed by atoms with Crippen LogP contribution in [0, 0.1) is 6.10 Å². The summed E-state index contributed by atoms with van der Waals surface area (Å²) in [7, 11) is 0. The first-order valence-electron chi connectivity index (χ1n) is 1.55. The van der Waals surface area contributed by atoms with E-state index in [1.165, 1.54) is 6.92 Å². The topological polar surface area (TPSA) is 49.7 Å². The molecule has 0 aliphatic carbocycles. The van der Waals surface area contributed by atoms with Gasteiger partial charge in [-0.15, -0.1) is 0 Å². The molecule has 0 amide bonds. The second-order valence-corrected chi connectivity index (χ2v) is 1.01. The molecule has 0 fully saturated rings. The predicted molar refractivity (Wildman–Crippen MR) is 19.4 cm³/mol. The van der Waals surface area contributed by atoms with Gasteiger partial charge in [0.15, 0.2) is 0 Å². The Kier molecular flexibility index (Phi) is 3.02. The second kappa shape index (κ2) is 3.08. The van der Waals surface area contributed by atoms with E-state index in [1.807, 2.05) is 0 Å². The Balaban J connectivity index is 2.63.